The maximum atomic E-state index is 13.9. The van der Waals surface area contributed by atoms with Crippen LogP contribution >= 0.6 is 0 Å². The van der Waals surface area contributed by atoms with Crippen LogP contribution in [0.4, 0.5) is 0 Å². The number of para-hydroxylation sites is 1. The third-order valence-corrected chi connectivity index (χ3v) is 7.41. The predicted molar refractivity (Wildman–Crippen MR) is 159 cm³/mol. The van der Waals surface area contributed by atoms with Crippen LogP contribution in [0.5, 0.6) is 5.75 Å². The zero-order valence-electron chi connectivity index (χ0n) is 22.5. The quantitative estimate of drug-likeness (QED) is 0.264. The van der Waals surface area contributed by atoms with E-state index in [1.807, 2.05) is 83.4 Å². The maximum absolute atomic E-state index is 13.9. The van der Waals surface area contributed by atoms with Crippen molar-refractivity contribution < 1.29 is 9.53 Å². The van der Waals surface area contributed by atoms with Gasteiger partial charge in [-0.2, -0.15) is 5.21 Å². The minimum absolute atomic E-state index is 0.00909. The van der Waals surface area contributed by atoms with Gasteiger partial charge in [0.15, 0.2) is 6.61 Å². The second-order valence-corrected chi connectivity index (χ2v) is 10.4. The van der Waals surface area contributed by atoms with Crippen molar-refractivity contribution in [3.8, 4) is 16.9 Å². The van der Waals surface area contributed by atoms with Gasteiger partial charge in [-0.25, -0.2) is 0 Å². The maximum Gasteiger partial charge on any atom is 0.256 e. The normalized spacial score (nSPS) is 11.1. The molecule has 0 spiro atoms. The van der Waals surface area contributed by atoms with Gasteiger partial charge in [-0.1, -0.05) is 90.1 Å². The molecule has 0 unspecified atom stereocenters. The molecule has 0 bridgehead atoms. The van der Waals surface area contributed by atoms with Gasteiger partial charge < -0.3 is 14.2 Å². The van der Waals surface area contributed by atoms with Crippen molar-refractivity contribution in [2.75, 3.05) is 0 Å². The average Bonchev–Trinajstić information content (AvgIpc) is 3.65. The molecular formula is C32H27N6O2Si. The van der Waals surface area contributed by atoms with Gasteiger partial charge in [0.1, 0.15) is 5.75 Å². The largest absolute Gasteiger partial charge is 0.486 e. The molecule has 0 saturated heterocycles. The molecule has 41 heavy (non-hydrogen) atoms. The minimum Gasteiger partial charge on any atom is -0.486 e. The number of carbonyl (C=O) groups excluding carboxylic acids is 1. The number of H-pyrrole nitrogens is 1. The van der Waals surface area contributed by atoms with Gasteiger partial charge >= 0.3 is 0 Å². The molecule has 0 aliphatic rings. The summed E-state index contributed by atoms with van der Waals surface area (Å²) in [6.45, 7) is 1.23. The van der Waals surface area contributed by atoms with Crippen LogP contribution in [0.2, 0.25) is 0 Å². The monoisotopic (exact) mass is 555 g/mol. The lowest BCUT2D eigenvalue weighted by Crippen LogP contribution is -2.30. The molecule has 2 heterocycles. The lowest BCUT2D eigenvalue weighted by atomic mass is 10.0. The molecule has 2 aromatic heterocycles. The van der Waals surface area contributed by atoms with E-state index in [0.717, 1.165) is 38.3 Å². The fourth-order valence-electron chi connectivity index (χ4n) is 4.93. The lowest BCUT2D eigenvalue weighted by Gasteiger charge is -2.23. The summed E-state index contributed by atoms with van der Waals surface area (Å²) in [5, 5.41) is 15.6. The van der Waals surface area contributed by atoms with E-state index >= 15 is 0 Å². The molecule has 0 aliphatic carbocycles. The summed E-state index contributed by atoms with van der Waals surface area (Å²) in [4.78, 5) is 15.9. The molecule has 1 N–H and O–H groups in total. The van der Waals surface area contributed by atoms with Crippen molar-refractivity contribution in [3.63, 3.8) is 0 Å². The van der Waals surface area contributed by atoms with Crippen molar-refractivity contribution >= 4 is 32.2 Å². The highest BCUT2D eigenvalue weighted by Crippen LogP contribution is 2.25. The van der Waals surface area contributed by atoms with Crippen molar-refractivity contribution in [3.05, 3.63) is 126 Å². The molecule has 6 aromatic rings. The summed E-state index contributed by atoms with van der Waals surface area (Å²) in [5.41, 5.74) is 5.99. The van der Waals surface area contributed by atoms with Crippen molar-refractivity contribution in [2.45, 2.75) is 19.7 Å². The van der Waals surface area contributed by atoms with E-state index in [0.29, 0.717) is 30.2 Å². The third kappa shape index (κ3) is 5.80. The Hall–Kier alpha value is -5.02. The number of fused-ring (bicyclic) bond motifs is 1. The molecule has 8 nitrogen and oxygen atoms in total. The topological polar surface area (TPSA) is 88.9 Å². The Morgan fingerprint density at radius 2 is 1.61 bits per heavy atom. The Morgan fingerprint density at radius 3 is 2.34 bits per heavy atom. The number of ether oxygens (including phenoxy) is 1. The molecule has 0 aliphatic heterocycles. The number of amides is 1. The lowest BCUT2D eigenvalue weighted by molar-refractivity contribution is 0.0732. The Labute approximate surface area is 241 Å². The Morgan fingerprint density at radius 1 is 0.902 bits per heavy atom. The fraction of sp³-hybridized carbons (Fsp3) is 0.125. The summed E-state index contributed by atoms with van der Waals surface area (Å²) in [6.07, 6.45) is 1.93. The first kappa shape index (κ1) is 26.2. The van der Waals surface area contributed by atoms with E-state index in [1.54, 1.807) is 0 Å². The minimum atomic E-state index is 0.00909. The number of benzene rings is 4. The first-order valence-electron chi connectivity index (χ1n) is 13.2. The second kappa shape index (κ2) is 11.6. The van der Waals surface area contributed by atoms with E-state index in [-0.39, 0.29) is 12.5 Å². The molecule has 0 saturated carbocycles. The van der Waals surface area contributed by atoms with Crippen LogP contribution in [0, 0.1) is 0 Å². The molecule has 4 aromatic carbocycles. The number of aromatic nitrogens is 5. The summed E-state index contributed by atoms with van der Waals surface area (Å²) in [7, 11) is 5.64. The Kier molecular flexibility index (Phi) is 7.42. The van der Waals surface area contributed by atoms with Crippen LogP contribution in [0.3, 0.4) is 0 Å². The summed E-state index contributed by atoms with van der Waals surface area (Å²) in [5.74, 6) is 1.18. The molecular weight excluding hydrogens is 528 g/mol. The SMILES string of the molecule is Cn1cc(C(=O)N(Cc2ccccc2)Cc2ccc(-c3ccc(OCc4nn[nH]n4)c([Si])c3)cc2)c2ccccc21. The van der Waals surface area contributed by atoms with Crippen molar-refractivity contribution in [1.82, 2.24) is 30.1 Å². The number of aromatic amines is 1. The highest BCUT2D eigenvalue weighted by atomic mass is 28.1. The van der Waals surface area contributed by atoms with Crippen LogP contribution in [0.15, 0.2) is 103 Å². The van der Waals surface area contributed by atoms with Crippen LogP contribution in [0.25, 0.3) is 22.0 Å². The molecule has 3 radical (unpaired) electrons. The van der Waals surface area contributed by atoms with Crippen LogP contribution < -0.4 is 9.92 Å². The van der Waals surface area contributed by atoms with Gasteiger partial charge in [0.2, 0.25) is 5.82 Å². The second-order valence-electron chi connectivity index (χ2n) is 9.84. The molecule has 6 rings (SSSR count). The summed E-state index contributed by atoms with van der Waals surface area (Å²) in [6, 6.07) is 32.4. The highest BCUT2D eigenvalue weighted by molar-refractivity contribution is 6.34. The van der Waals surface area contributed by atoms with Gasteiger partial charge in [-0.15, -0.1) is 10.2 Å². The summed E-state index contributed by atoms with van der Waals surface area (Å²) < 4.78 is 7.81. The number of hydrogen-bond donors (Lipinski definition) is 1. The molecule has 1 amide bonds. The zero-order valence-corrected chi connectivity index (χ0v) is 23.5. The van der Waals surface area contributed by atoms with Gasteiger partial charge in [-0.05, 0) is 39.6 Å². The van der Waals surface area contributed by atoms with Gasteiger partial charge in [0.25, 0.3) is 5.91 Å². The van der Waals surface area contributed by atoms with E-state index in [9.17, 15) is 4.79 Å². The van der Waals surface area contributed by atoms with E-state index < -0.39 is 0 Å². The number of aryl methyl sites for hydroxylation is 1. The highest BCUT2D eigenvalue weighted by Gasteiger charge is 2.21. The number of tetrazole rings is 1. The molecule has 201 valence electrons. The van der Waals surface area contributed by atoms with E-state index in [4.69, 9.17) is 4.74 Å². The number of nitrogens with one attached hydrogen (secondary N) is 1. The molecule has 0 atom stereocenters. The first-order chi connectivity index (χ1) is 20.0. The average molecular weight is 556 g/mol. The van der Waals surface area contributed by atoms with Crippen LogP contribution in [0.1, 0.15) is 27.3 Å². The van der Waals surface area contributed by atoms with E-state index in [2.05, 4.69) is 67.3 Å². The van der Waals surface area contributed by atoms with Crippen LogP contribution in [-0.2, 0) is 26.7 Å². The molecule has 0 fully saturated rings. The Bertz CT molecular complexity index is 1780. The molecule has 9 heteroatoms. The zero-order chi connectivity index (χ0) is 28.2. The number of carbonyl (C=O) groups is 1. The number of rotatable bonds is 9. The number of hydrogen-bond acceptors (Lipinski definition) is 5. The standard InChI is InChI=1S/C32H27N6O2Si/c1-37-20-27(26-9-5-6-10-28(26)37)32(39)38(18-22-7-3-2-4-8-22)19-23-11-13-24(14-12-23)25-15-16-29(30(41)17-25)40-21-31-33-35-36-34-31/h2-17,20H,18-19,21H2,1H3,(H,33,34,35,36). The number of nitrogens with zero attached hydrogens (tertiary/aromatic N) is 5. The van der Waals surface area contributed by atoms with Gasteiger partial charge in [-0.3, -0.25) is 4.79 Å². The van der Waals surface area contributed by atoms with Crippen molar-refractivity contribution in [1.29, 1.82) is 0 Å². The smallest absolute Gasteiger partial charge is 0.256 e. The predicted octanol–water partition coefficient (Wildman–Crippen LogP) is 4.57. The third-order valence-electron chi connectivity index (χ3n) is 7.02. The van der Waals surface area contributed by atoms with E-state index in [1.165, 1.54) is 0 Å². The Balaban J connectivity index is 1.22. The van der Waals surface area contributed by atoms with Crippen molar-refractivity contribution in [2.24, 2.45) is 7.05 Å². The van der Waals surface area contributed by atoms with Crippen LogP contribution in [-0.4, -0.2) is 46.2 Å². The first-order valence-corrected chi connectivity index (χ1v) is 13.7. The van der Waals surface area contributed by atoms with Gasteiger partial charge in [0, 0.05) is 37.2 Å². The fourth-order valence-corrected chi connectivity index (χ4v) is 5.24. The summed E-state index contributed by atoms with van der Waals surface area (Å²) >= 11 is 0. The van der Waals surface area contributed by atoms with Gasteiger partial charge in [0.05, 0.1) is 15.8 Å².